The van der Waals surface area contributed by atoms with Crippen LogP contribution in [0.4, 0.5) is 0 Å². The Kier molecular flexibility index (Phi) is 54.1. The molecule has 1 saturated heterocycles. The first kappa shape index (κ1) is 76.1. The molecule has 470 valence electrons. The van der Waals surface area contributed by atoms with E-state index in [2.05, 4.69) is 86.8 Å². The summed E-state index contributed by atoms with van der Waals surface area (Å²) in [5, 5.41) is 57.1. The summed E-state index contributed by atoms with van der Waals surface area (Å²) < 4.78 is 17.7. The maximum absolute atomic E-state index is 13.4. The highest BCUT2D eigenvalue weighted by Gasteiger charge is 2.47. The third-order valence-electron chi connectivity index (χ3n) is 15.6. The molecule has 0 saturated carbocycles. The van der Waals surface area contributed by atoms with Gasteiger partial charge in [-0.3, -0.25) is 9.59 Å². The molecule has 0 spiro atoms. The van der Waals surface area contributed by atoms with Crippen molar-refractivity contribution in [2.24, 2.45) is 0 Å². The van der Waals surface area contributed by atoms with Crippen LogP contribution in [-0.4, -0.2) is 99.6 Å². The van der Waals surface area contributed by atoms with Crippen LogP contribution >= 0.6 is 0 Å². The van der Waals surface area contributed by atoms with Gasteiger partial charge < -0.3 is 45.1 Å². The van der Waals surface area contributed by atoms with Crippen LogP contribution in [0, 0.1) is 0 Å². The van der Waals surface area contributed by atoms with Gasteiger partial charge in [0.25, 0.3) is 0 Å². The number of carbonyl (C=O) groups excluding carboxylic acids is 2. The quantitative estimate of drug-likeness (QED) is 0.0195. The minimum absolute atomic E-state index is 0.119. The number of hydrogen-bond donors (Lipinski definition) is 6. The summed E-state index contributed by atoms with van der Waals surface area (Å²) in [4.78, 5) is 26.6. The number of allylic oxidation sites excluding steroid dienone is 11. The molecule has 0 bridgehead atoms. The van der Waals surface area contributed by atoms with Gasteiger partial charge in [-0.25, -0.2) is 0 Å². The van der Waals surface area contributed by atoms with E-state index in [4.69, 9.17) is 14.2 Å². The Labute approximate surface area is 496 Å². The lowest BCUT2D eigenvalue weighted by Gasteiger charge is -2.41. The van der Waals surface area contributed by atoms with Crippen LogP contribution in [0.15, 0.2) is 72.9 Å². The molecule has 0 aromatic rings. The molecule has 1 amide bonds. The highest BCUT2D eigenvalue weighted by Crippen LogP contribution is 2.26. The number of hydrogen-bond acceptors (Lipinski definition) is 10. The van der Waals surface area contributed by atoms with Gasteiger partial charge in [0.1, 0.15) is 24.4 Å². The van der Waals surface area contributed by atoms with Gasteiger partial charge in [0.05, 0.1) is 25.4 Å². The topological polar surface area (TPSA) is 175 Å². The molecule has 0 aromatic heterocycles. The molecule has 11 nitrogen and oxygen atoms in total. The third kappa shape index (κ3) is 45.2. The Morgan fingerprint density at radius 1 is 0.481 bits per heavy atom. The smallest absolute Gasteiger partial charge is 0.306 e. The third-order valence-corrected chi connectivity index (χ3v) is 15.6. The molecule has 8 unspecified atom stereocenters. The zero-order valence-electron chi connectivity index (χ0n) is 52.1. The van der Waals surface area contributed by atoms with E-state index in [1.54, 1.807) is 6.08 Å². The Hall–Kier alpha value is -2.90. The SMILES string of the molecule is CCCCC/C=C\C/C=C\C/C=C\C/C=C\CCCCCCC(O)C(=O)NC(COC1OC(CO)C(O)C(O)C1OC(=O)CCCCCCCCCCCCC/C=C/CCCCCCCC)C(O)/C=C/CCCCCCCCCCC. The largest absolute Gasteiger partial charge is 0.454 e. The second-order valence-electron chi connectivity index (χ2n) is 23.2. The predicted octanol–water partition coefficient (Wildman–Crippen LogP) is 16.7. The normalized spacial score (nSPS) is 19.1. The molecule has 81 heavy (non-hydrogen) atoms. The van der Waals surface area contributed by atoms with E-state index in [1.807, 2.05) is 6.08 Å². The Balaban J connectivity index is 2.62. The molecule has 0 aliphatic carbocycles. The molecule has 11 heteroatoms. The van der Waals surface area contributed by atoms with Crippen molar-refractivity contribution in [3.05, 3.63) is 72.9 Å². The fourth-order valence-corrected chi connectivity index (χ4v) is 10.2. The molecule has 1 rings (SSSR count). The van der Waals surface area contributed by atoms with Gasteiger partial charge in [0.15, 0.2) is 12.4 Å². The van der Waals surface area contributed by atoms with E-state index in [0.717, 1.165) is 83.5 Å². The Morgan fingerprint density at radius 2 is 0.852 bits per heavy atom. The van der Waals surface area contributed by atoms with Gasteiger partial charge in [0, 0.05) is 6.42 Å². The number of aliphatic hydroxyl groups is 5. The molecule has 6 N–H and O–H groups in total. The number of aliphatic hydroxyl groups excluding tert-OH is 5. The van der Waals surface area contributed by atoms with Gasteiger partial charge in [-0.2, -0.15) is 0 Å². The molecule has 1 aliphatic rings. The summed E-state index contributed by atoms with van der Waals surface area (Å²) >= 11 is 0. The van der Waals surface area contributed by atoms with Crippen LogP contribution in [0.25, 0.3) is 0 Å². The van der Waals surface area contributed by atoms with Gasteiger partial charge in [-0.1, -0.05) is 267 Å². The van der Waals surface area contributed by atoms with Crippen molar-refractivity contribution < 1.29 is 49.3 Å². The van der Waals surface area contributed by atoms with Crippen LogP contribution in [0.3, 0.4) is 0 Å². The summed E-state index contributed by atoms with van der Waals surface area (Å²) in [5.41, 5.74) is 0. The van der Waals surface area contributed by atoms with E-state index in [1.165, 1.54) is 167 Å². The van der Waals surface area contributed by atoms with E-state index in [-0.39, 0.29) is 19.4 Å². The molecule has 0 radical (unpaired) electrons. The molecule has 1 aliphatic heterocycles. The lowest BCUT2D eigenvalue weighted by Crippen LogP contribution is -2.61. The molecule has 0 aromatic carbocycles. The van der Waals surface area contributed by atoms with Crippen molar-refractivity contribution in [2.45, 2.75) is 346 Å². The first-order chi connectivity index (χ1) is 39.7. The van der Waals surface area contributed by atoms with E-state index in [0.29, 0.717) is 12.8 Å². The second-order valence-corrected chi connectivity index (χ2v) is 23.2. The van der Waals surface area contributed by atoms with Crippen molar-refractivity contribution in [1.29, 1.82) is 0 Å². The van der Waals surface area contributed by atoms with Crippen LogP contribution in [0.1, 0.15) is 297 Å². The number of esters is 1. The second kappa shape index (κ2) is 57.5. The monoisotopic (exact) mass is 1140 g/mol. The molecule has 1 heterocycles. The Bertz CT molecular complexity index is 1590. The minimum atomic E-state index is -1.62. The first-order valence-corrected chi connectivity index (χ1v) is 33.7. The highest BCUT2D eigenvalue weighted by molar-refractivity contribution is 5.80. The maximum atomic E-state index is 13.4. The van der Waals surface area contributed by atoms with Crippen molar-refractivity contribution in [1.82, 2.24) is 5.32 Å². The zero-order valence-corrected chi connectivity index (χ0v) is 52.1. The summed E-state index contributed by atoms with van der Waals surface area (Å²) in [6.07, 6.45) is 63.7. The maximum Gasteiger partial charge on any atom is 0.306 e. The molecular formula is C70H125NO10. The minimum Gasteiger partial charge on any atom is -0.454 e. The lowest BCUT2D eigenvalue weighted by atomic mass is 9.99. The summed E-state index contributed by atoms with van der Waals surface area (Å²) in [6, 6.07) is -1.04. The number of ether oxygens (including phenoxy) is 3. The summed E-state index contributed by atoms with van der Waals surface area (Å²) in [7, 11) is 0. The standard InChI is InChI=1S/C70H125NO10/c1-4-7-10-13-16-19-22-24-26-28-30-32-34-36-38-40-43-46-49-52-55-58-65(75)81-68-67(77)66(76)64(59-72)80-70(68)79-60-61(62(73)56-53-50-47-44-41-21-18-15-12-9-6-3)71-69(78)63(74)57-54-51-48-45-42-39-37-35-33-31-29-27-25-23-20-17-14-11-8-5-2/h17,20,24-27,31,33,37,39,53,56,61-64,66-68,70,72-74,76-77H,4-16,18-19,21-23,28-30,32,34-36,38,40-52,54-55,57-60H2,1-3H3,(H,71,78)/b20-17-,26-24+,27-25-,33-31-,39-37-,56-53+. The van der Waals surface area contributed by atoms with E-state index in [9.17, 15) is 35.1 Å². The van der Waals surface area contributed by atoms with Crippen molar-refractivity contribution in [3.63, 3.8) is 0 Å². The van der Waals surface area contributed by atoms with Crippen LogP contribution in [0.5, 0.6) is 0 Å². The van der Waals surface area contributed by atoms with Gasteiger partial charge in [-0.05, 0) is 96.3 Å². The molecule has 8 atom stereocenters. The van der Waals surface area contributed by atoms with E-state index >= 15 is 0 Å². The van der Waals surface area contributed by atoms with Crippen LogP contribution in [0.2, 0.25) is 0 Å². The molecule has 1 fully saturated rings. The van der Waals surface area contributed by atoms with Gasteiger partial charge in [-0.15, -0.1) is 0 Å². The van der Waals surface area contributed by atoms with E-state index < -0.39 is 67.4 Å². The highest BCUT2D eigenvalue weighted by atomic mass is 16.7. The summed E-state index contributed by atoms with van der Waals surface area (Å²) in [6.45, 7) is 5.76. The average Bonchev–Trinajstić information content (AvgIpc) is 3.51. The number of rotatable bonds is 57. The Morgan fingerprint density at radius 3 is 1.31 bits per heavy atom. The van der Waals surface area contributed by atoms with Gasteiger partial charge in [0.2, 0.25) is 5.91 Å². The lowest BCUT2D eigenvalue weighted by molar-refractivity contribution is -0.305. The van der Waals surface area contributed by atoms with Crippen molar-refractivity contribution in [2.75, 3.05) is 13.2 Å². The molecular weight excluding hydrogens is 1010 g/mol. The number of amides is 1. The first-order valence-electron chi connectivity index (χ1n) is 33.7. The number of nitrogens with one attached hydrogen (secondary N) is 1. The predicted molar refractivity (Wildman–Crippen MR) is 338 cm³/mol. The fraction of sp³-hybridized carbons (Fsp3) is 0.800. The zero-order chi connectivity index (χ0) is 58.9. The number of unbranched alkanes of at least 4 members (excludes halogenated alkanes) is 33. The average molecular weight is 1140 g/mol. The van der Waals surface area contributed by atoms with Crippen LogP contribution < -0.4 is 5.32 Å². The summed E-state index contributed by atoms with van der Waals surface area (Å²) in [5.74, 6) is -1.21. The van der Waals surface area contributed by atoms with Gasteiger partial charge >= 0.3 is 5.97 Å². The van der Waals surface area contributed by atoms with Crippen molar-refractivity contribution >= 4 is 11.9 Å². The van der Waals surface area contributed by atoms with Crippen molar-refractivity contribution in [3.8, 4) is 0 Å². The fourth-order valence-electron chi connectivity index (χ4n) is 10.2. The number of carbonyl (C=O) groups is 2. The van der Waals surface area contributed by atoms with Crippen LogP contribution in [-0.2, 0) is 23.8 Å².